The molecule has 0 aromatic heterocycles. The molecule has 0 radical (unpaired) electrons. The van der Waals surface area contributed by atoms with Gasteiger partial charge in [-0.3, -0.25) is 0 Å². The van der Waals surface area contributed by atoms with Gasteiger partial charge in [-0.05, 0) is 25.7 Å². The molecule has 2 N–H and O–H groups in total. The fraction of sp³-hybridized carbons (Fsp3) is 1.00. The van der Waals surface area contributed by atoms with Gasteiger partial charge in [-0.15, -0.1) is 11.6 Å². The fourth-order valence-corrected chi connectivity index (χ4v) is 6.48. The molecule has 7 heteroatoms. The van der Waals surface area contributed by atoms with E-state index in [4.69, 9.17) is 16.3 Å². The Balaban J connectivity index is -0.000000146. The van der Waals surface area contributed by atoms with Crippen LogP contribution in [0, 0.1) is 23.7 Å². The van der Waals surface area contributed by atoms with Crippen molar-refractivity contribution < 1.29 is 53.8 Å². The predicted molar refractivity (Wildman–Crippen MR) is 152 cm³/mol. The molecule has 6 atom stereocenters. The summed E-state index contributed by atoms with van der Waals surface area (Å²) in [5, 5.41) is 9.65. The molecule has 0 aromatic carbocycles. The zero-order chi connectivity index (χ0) is 21.7. The molecule has 35 heavy (non-hydrogen) atoms. The summed E-state index contributed by atoms with van der Waals surface area (Å²) in [5.74, 6) is 3.96. The number of nitrogens with zero attached hydrogens (tertiary/aromatic N) is 2. The van der Waals surface area contributed by atoms with E-state index in [-0.39, 0.29) is 70.8 Å². The monoisotopic (exact) mass is 536 g/mol. The Labute approximate surface area is 249 Å². The van der Waals surface area contributed by atoms with Crippen molar-refractivity contribution in [3.05, 3.63) is 0 Å². The number of likely N-dealkylation sites (N-methyl/N-ethyl adjacent to an activating group) is 2. The molecule has 212 valence electrons. The third-order valence-corrected chi connectivity index (χ3v) is 8.36. The minimum Gasteiger partial charge on any atom is -0.870 e. The maximum absolute atomic E-state index is 9.65. The van der Waals surface area contributed by atoms with Gasteiger partial charge >= 0.3 is 29.6 Å². The van der Waals surface area contributed by atoms with Gasteiger partial charge in [0.05, 0.1) is 52.8 Å². The second-order valence-electron chi connectivity index (χ2n) is 10.8. The first kappa shape index (κ1) is 46.0. The second-order valence-corrected chi connectivity index (χ2v) is 11.1. The second kappa shape index (κ2) is 21.0. The Morgan fingerprint density at radius 1 is 0.771 bits per heavy atom. The van der Waals surface area contributed by atoms with Gasteiger partial charge in [0.2, 0.25) is 0 Å². The van der Waals surface area contributed by atoms with Gasteiger partial charge in [-0.25, -0.2) is 0 Å². The predicted octanol–water partition coefficient (Wildman–Crippen LogP) is 3.37. The standard InChI is InChI=1S/C12H25ClNO.C12H24NO.4CH4.Na.H2O/c1-4-10-7-14(3,8-11(10)5-2)9-12(15)6-13;1-4-10-6-13(3,7-11(10)5-2)8-12-9-14-12;;;;;;/h10-12,15H,4-9H2,1-3H3;10-12H,4-9H2,1-3H3;4*1H4;;1H2/q2*+1;;;;;+1;/p-1. The zero-order valence-electron chi connectivity index (χ0n) is 21.5. The van der Waals surface area contributed by atoms with E-state index in [1.54, 1.807) is 0 Å². The number of likely N-dealkylation sites (tertiary alicyclic amines) is 2. The summed E-state index contributed by atoms with van der Waals surface area (Å²) in [4.78, 5) is 0. The van der Waals surface area contributed by atoms with Crippen LogP contribution >= 0.6 is 11.6 Å². The van der Waals surface area contributed by atoms with Crippen molar-refractivity contribution >= 4 is 11.6 Å². The quantitative estimate of drug-likeness (QED) is 0.213. The van der Waals surface area contributed by atoms with Crippen LogP contribution in [0.2, 0.25) is 0 Å². The summed E-state index contributed by atoms with van der Waals surface area (Å²) in [6.07, 6.45) is 5.50. The summed E-state index contributed by atoms with van der Waals surface area (Å²) in [6.45, 7) is 17.5. The van der Waals surface area contributed by atoms with E-state index in [1.807, 2.05) is 0 Å². The van der Waals surface area contributed by atoms with Crippen molar-refractivity contribution in [1.82, 2.24) is 0 Å². The number of quaternary nitrogens is 2. The van der Waals surface area contributed by atoms with Gasteiger partial charge < -0.3 is 24.3 Å². The largest absolute Gasteiger partial charge is 1.00 e. The molecule has 6 unspecified atom stereocenters. The first-order chi connectivity index (χ1) is 13.7. The minimum absolute atomic E-state index is 0. The van der Waals surface area contributed by atoms with E-state index in [9.17, 15) is 5.11 Å². The van der Waals surface area contributed by atoms with Crippen LogP contribution in [0.3, 0.4) is 0 Å². The molecule has 0 spiro atoms. The average molecular weight is 537 g/mol. The van der Waals surface area contributed by atoms with Gasteiger partial charge in [0.1, 0.15) is 25.3 Å². The molecule has 0 saturated carbocycles. The summed E-state index contributed by atoms with van der Waals surface area (Å²) in [7, 11) is 4.67. The molecule has 3 rings (SSSR count). The molecule has 3 aliphatic rings. The van der Waals surface area contributed by atoms with Crippen LogP contribution in [-0.2, 0) is 4.74 Å². The zero-order valence-corrected chi connectivity index (χ0v) is 24.3. The molecule has 3 saturated heterocycles. The number of hydrogen-bond donors (Lipinski definition) is 1. The number of epoxide rings is 1. The maximum Gasteiger partial charge on any atom is 1.00 e. The fourth-order valence-electron chi connectivity index (χ4n) is 6.38. The van der Waals surface area contributed by atoms with Gasteiger partial charge in [0, 0.05) is 23.7 Å². The van der Waals surface area contributed by atoms with E-state index in [0.717, 1.165) is 41.3 Å². The van der Waals surface area contributed by atoms with Crippen molar-refractivity contribution in [2.24, 2.45) is 23.7 Å². The van der Waals surface area contributed by atoms with E-state index in [1.165, 1.54) is 62.9 Å². The van der Waals surface area contributed by atoms with Crippen LogP contribution in [0.15, 0.2) is 0 Å². The Bertz CT molecular complexity index is 473. The Morgan fingerprint density at radius 2 is 1.09 bits per heavy atom. The molecule has 0 amide bonds. The van der Waals surface area contributed by atoms with Gasteiger partial charge in [0.15, 0.2) is 0 Å². The molecular weight excluding hydrogens is 471 g/mol. The molecule has 3 fully saturated rings. The number of rotatable bonds is 9. The molecule has 0 aromatic rings. The van der Waals surface area contributed by atoms with Crippen molar-refractivity contribution in [2.75, 3.05) is 65.9 Å². The summed E-state index contributed by atoms with van der Waals surface area (Å²) < 4.78 is 7.63. The maximum atomic E-state index is 9.65. The van der Waals surface area contributed by atoms with Crippen LogP contribution in [-0.4, -0.2) is 97.6 Å². The smallest absolute Gasteiger partial charge is 0.870 e. The molecule has 3 heterocycles. The Hall–Kier alpha value is 1.09. The first-order valence-electron chi connectivity index (χ1n) is 12.2. The average Bonchev–Trinajstić information content (AvgIpc) is 3.35. The van der Waals surface area contributed by atoms with E-state index >= 15 is 0 Å². The van der Waals surface area contributed by atoms with Crippen LogP contribution in [0.25, 0.3) is 0 Å². The first-order valence-corrected chi connectivity index (χ1v) is 12.8. The number of ether oxygens (including phenoxy) is 1. The number of aliphatic hydroxyl groups is 1. The SMILES string of the molecule is C.C.C.C.CCC1C[N+](C)(CC(O)CCl)CC1CC.CCC1C[N+](C)(CC2CO2)CC1CC.[Na+].[OH-]. The van der Waals surface area contributed by atoms with Gasteiger partial charge in [-0.1, -0.05) is 57.4 Å². The van der Waals surface area contributed by atoms with Gasteiger partial charge in [-0.2, -0.15) is 0 Å². The third-order valence-electron chi connectivity index (χ3n) is 8.01. The topological polar surface area (TPSA) is 62.8 Å². The van der Waals surface area contributed by atoms with Crippen LogP contribution in [0.5, 0.6) is 0 Å². The van der Waals surface area contributed by atoms with E-state index in [0.29, 0.717) is 12.0 Å². The number of alkyl halides is 1. The van der Waals surface area contributed by atoms with Crippen molar-refractivity contribution in [2.45, 2.75) is 95.3 Å². The third kappa shape index (κ3) is 14.2. The van der Waals surface area contributed by atoms with Gasteiger partial charge in [0.25, 0.3) is 0 Å². The molecule has 3 aliphatic heterocycles. The summed E-state index contributed by atoms with van der Waals surface area (Å²) in [5.41, 5.74) is 0. The number of hydrogen-bond acceptors (Lipinski definition) is 3. The minimum atomic E-state index is -0.343. The summed E-state index contributed by atoms with van der Waals surface area (Å²) >= 11 is 5.67. The number of halogens is 1. The van der Waals surface area contributed by atoms with Crippen molar-refractivity contribution in [3.8, 4) is 0 Å². The van der Waals surface area contributed by atoms with Crippen molar-refractivity contribution in [1.29, 1.82) is 0 Å². The molecule has 5 nitrogen and oxygen atoms in total. The van der Waals surface area contributed by atoms with E-state index < -0.39 is 0 Å². The molecule has 0 bridgehead atoms. The Morgan fingerprint density at radius 3 is 1.34 bits per heavy atom. The van der Waals surface area contributed by atoms with Crippen LogP contribution < -0.4 is 29.6 Å². The normalized spacial score (nSPS) is 35.1. The molecule has 0 aliphatic carbocycles. The van der Waals surface area contributed by atoms with Crippen LogP contribution in [0.1, 0.15) is 83.1 Å². The van der Waals surface area contributed by atoms with Crippen molar-refractivity contribution in [3.63, 3.8) is 0 Å². The van der Waals surface area contributed by atoms with Crippen LogP contribution in [0.4, 0.5) is 0 Å². The summed E-state index contributed by atoms with van der Waals surface area (Å²) in [6, 6.07) is 0. The molecular formula is C28H66ClN2NaO3+2. The van der Waals surface area contributed by atoms with E-state index in [2.05, 4.69) is 41.8 Å². The Kier molecular flexibility index (Phi) is 27.6. The number of aliphatic hydroxyl groups excluding tert-OH is 1.